The van der Waals surface area contributed by atoms with Gasteiger partial charge in [0.25, 0.3) is 0 Å². The molecule has 154 valence electrons. The number of hydrogen-bond donors (Lipinski definition) is 2. The summed E-state index contributed by atoms with van der Waals surface area (Å²) < 4.78 is 0. The van der Waals surface area contributed by atoms with Crippen LogP contribution in [0.5, 0.6) is 0 Å². The van der Waals surface area contributed by atoms with Crippen molar-refractivity contribution >= 4 is 34.6 Å². The van der Waals surface area contributed by atoms with Gasteiger partial charge in [-0.15, -0.1) is 0 Å². The maximum Gasteiger partial charge on any atom is 0.238 e. The molecule has 0 fully saturated rings. The van der Waals surface area contributed by atoms with Crippen LogP contribution in [0.4, 0.5) is 11.4 Å². The maximum absolute atomic E-state index is 13.1. The number of anilines is 2. The molecule has 5 heteroatoms. The number of amides is 1. The van der Waals surface area contributed by atoms with E-state index in [0.29, 0.717) is 0 Å². The lowest BCUT2D eigenvalue weighted by molar-refractivity contribution is -0.120. The molecule has 0 aliphatic heterocycles. The second kappa shape index (κ2) is 10.6. The molecule has 1 amide bonds. The van der Waals surface area contributed by atoms with E-state index >= 15 is 0 Å². The molecule has 0 saturated carbocycles. The van der Waals surface area contributed by atoms with Crippen molar-refractivity contribution in [2.75, 3.05) is 23.3 Å². The Morgan fingerprint density at radius 3 is 1.80 bits per heavy atom. The van der Waals surface area contributed by atoms with E-state index in [1.807, 2.05) is 72.8 Å². The molecular weight excluding hydrogens is 390 g/mol. The Balaban J connectivity index is 1.71. The van der Waals surface area contributed by atoms with E-state index in [0.717, 1.165) is 35.6 Å². The molecule has 0 aliphatic carbocycles. The van der Waals surface area contributed by atoms with E-state index in [-0.39, 0.29) is 11.0 Å². The number of thiocarbonyl (C=S) groups is 1. The normalized spacial score (nSPS) is 10.5. The Bertz CT molecular complexity index is 915. The van der Waals surface area contributed by atoms with Gasteiger partial charge in [0.15, 0.2) is 5.11 Å². The first kappa shape index (κ1) is 21.5. The predicted octanol–water partition coefficient (Wildman–Crippen LogP) is 5.18. The average molecular weight is 418 g/mol. The van der Waals surface area contributed by atoms with E-state index in [1.54, 1.807) is 0 Å². The zero-order chi connectivity index (χ0) is 21.3. The number of carbonyl (C=O) groups is 1. The van der Waals surface area contributed by atoms with Crippen molar-refractivity contribution in [3.63, 3.8) is 0 Å². The van der Waals surface area contributed by atoms with E-state index < -0.39 is 5.92 Å². The van der Waals surface area contributed by atoms with Crippen molar-refractivity contribution in [2.45, 2.75) is 19.8 Å². The van der Waals surface area contributed by atoms with Crippen molar-refractivity contribution in [1.29, 1.82) is 0 Å². The molecule has 0 radical (unpaired) electrons. The molecule has 0 bridgehead atoms. The van der Waals surface area contributed by atoms with Gasteiger partial charge >= 0.3 is 0 Å². The Hall–Kier alpha value is -3.18. The van der Waals surface area contributed by atoms with Crippen LogP contribution in [-0.4, -0.2) is 24.1 Å². The zero-order valence-corrected chi connectivity index (χ0v) is 18.2. The number of rotatable bonds is 7. The first-order chi connectivity index (χ1) is 14.6. The fourth-order valence-electron chi connectivity index (χ4n) is 3.48. The third-order valence-corrected chi connectivity index (χ3v) is 5.22. The zero-order valence-electron chi connectivity index (χ0n) is 17.3. The molecule has 0 atom stereocenters. The van der Waals surface area contributed by atoms with Gasteiger partial charge in [0, 0.05) is 24.5 Å². The van der Waals surface area contributed by atoms with Crippen LogP contribution in [0.3, 0.4) is 0 Å². The van der Waals surface area contributed by atoms with Crippen molar-refractivity contribution < 1.29 is 4.79 Å². The molecule has 30 heavy (non-hydrogen) atoms. The topological polar surface area (TPSA) is 44.4 Å². The molecule has 0 saturated heterocycles. The highest BCUT2D eigenvalue weighted by Crippen LogP contribution is 2.25. The largest absolute Gasteiger partial charge is 0.372 e. The number of nitrogens with one attached hydrogen (secondary N) is 2. The molecule has 3 aromatic rings. The molecule has 0 unspecified atom stereocenters. The highest BCUT2D eigenvalue weighted by atomic mass is 32.1. The summed E-state index contributed by atoms with van der Waals surface area (Å²) in [4.78, 5) is 15.4. The quantitative estimate of drug-likeness (QED) is 0.520. The summed E-state index contributed by atoms with van der Waals surface area (Å²) in [6, 6.07) is 27.5. The van der Waals surface area contributed by atoms with Gasteiger partial charge in [-0.25, -0.2) is 0 Å². The first-order valence-electron chi connectivity index (χ1n) is 10.2. The monoisotopic (exact) mass is 417 g/mol. The van der Waals surface area contributed by atoms with Crippen LogP contribution in [0.15, 0.2) is 84.9 Å². The van der Waals surface area contributed by atoms with Crippen LogP contribution in [0.25, 0.3) is 0 Å². The van der Waals surface area contributed by atoms with Crippen LogP contribution < -0.4 is 15.5 Å². The molecule has 2 N–H and O–H groups in total. The van der Waals surface area contributed by atoms with Crippen LogP contribution in [0.1, 0.15) is 30.9 Å². The van der Waals surface area contributed by atoms with Crippen LogP contribution >= 0.6 is 12.2 Å². The Kier molecular flexibility index (Phi) is 7.57. The number of carbonyl (C=O) groups excluding carboxylic acids is 1. The second-order valence-electron chi connectivity index (χ2n) is 6.92. The van der Waals surface area contributed by atoms with Gasteiger partial charge in [-0.2, -0.15) is 0 Å². The summed E-state index contributed by atoms with van der Waals surface area (Å²) >= 11 is 5.41. The second-order valence-corrected chi connectivity index (χ2v) is 7.33. The van der Waals surface area contributed by atoms with Crippen LogP contribution in [0.2, 0.25) is 0 Å². The lowest BCUT2D eigenvalue weighted by atomic mass is 9.90. The van der Waals surface area contributed by atoms with E-state index in [1.165, 1.54) is 0 Å². The third-order valence-electron chi connectivity index (χ3n) is 5.02. The Morgan fingerprint density at radius 2 is 1.33 bits per heavy atom. The summed E-state index contributed by atoms with van der Waals surface area (Å²) in [7, 11) is 0. The van der Waals surface area contributed by atoms with Gasteiger partial charge in [-0.05, 0) is 61.5 Å². The van der Waals surface area contributed by atoms with Crippen LogP contribution in [0, 0.1) is 0 Å². The Labute approximate surface area is 183 Å². The van der Waals surface area contributed by atoms with E-state index in [4.69, 9.17) is 12.2 Å². The predicted molar refractivity (Wildman–Crippen MR) is 129 cm³/mol. The third kappa shape index (κ3) is 5.45. The average Bonchev–Trinajstić information content (AvgIpc) is 2.77. The first-order valence-corrected chi connectivity index (χ1v) is 10.6. The fraction of sp³-hybridized carbons (Fsp3) is 0.200. The van der Waals surface area contributed by atoms with Crippen molar-refractivity contribution in [2.24, 2.45) is 0 Å². The molecule has 0 spiro atoms. The SMILES string of the molecule is CCN(CC)c1ccc(NC(=S)NC(=O)C(c2ccccc2)c2ccccc2)cc1. The summed E-state index contributed by atoms with van der Waals surface area (Å²) in [6.07, 6.45) is 0. The number of benzene rings is 3. The lowest BCUT2D eigenvalue weighted by Crippen LogP contribution is -2.37. The minimum absolute atomic E-state index is 0.162. The molecule has 4 nitrogen and oxygen atoms in total. The summed E-state index contributed by atoms with van der Waals surface area (Å²) in [5.74, 6) is -0.596. The van der Waals surface area contributed by atoms with Gasteiger partial charge in [0.1, 0.15) is 0 Å². The summed E-state index contributed by atoms with van der Waals surface area (Å²) in [5.41, 5.74) is 3.85. The Morgan fingerprint density at radius 1 is 0.833 bits per heavy atom. The van der Waals surface area contributed by atoms with Gasteiger partial charge in [-0.3, -0.25) is 4.79 Å². The van der Waals surface area contributed by atoms with Gasteiger partial charge < -0.3 is 15.5 Å². The highest BCUT2D eigenvalue weighted by molar-refractivity contribution is 7.80. The van der Waals surface area contributed by atoms with E-state index in [2.05, 4.69) is 41.5 Å². The van der Waals surface area contributed by atoms with Crippen LogP contribution in [-0.2, 0) is 4.79 Å². The molecule has 0 aliphatic rings. The summed E-state index contributed by atoms with van der Waals surface area (Å²) in [5, 5.41) is 6.25. The molecule has 0 heterocycles. The fourth-order valence-corrected chi connectivity index (χ4v) is 3.70. The standard InChI is InChI=1S/C25H27N3OS/c1-3-28(4-2)22-17-15-21(16-18-22)26-25(30)27-24(29)23(19-11-7-5-8-12-19)20-13-9-6-10-14-20/h5-18,23H,3-4H2,1-2H3,(H2,26,27,29,30). The van der Waals surface area contributed by atoms with Crippen molar-refractivity contribution in [3.05, 3.63) is 96.1 Å². The minimum atomic E-state index is -0.433. The molecule has 0 aromatic heterocycles. The molecular formula is C25H27N3OS. The van der Waals surface area contributed by atoms with Crippen molar-refractivity contribution in [3.8, 4) is 0 Å². The number of nitrogens with zero attached hydrogens (tertiary/aromatic N) is 1. The number of hydrogen-bond acceptors (Lipinski definition) is 3. The van der Waals surface area contributed by atoms with Gasteiger partial charge in [0.2, 0.25) is 5.91 Å². The van der Waals surface area contributed by atoms with Gasteiger partial charge in [0.05, 0.1) is 5.92 Å². The maximum atomic E-state index is 13.1. The minimum Gasteiger partial charge on any atom is -0.372 e. The van der Waals surface area contributed by atoms with Gasteiger partial charge in [-0.1, -0.05) is 60.7 Å². The molecule has 3 rings (SSSR count). The van der Waals surface area contributed by atoms with Crippen molar-refractivity contribution in [1.82, 2.24) is 5.32 Å². The molecule has 3 aromatic carbocycles. The lowest BCUT2D eigenvalue weighted by Gasteiger charge is -2.21. The smallest absolute Gasteiger partial charge is 0.238 e. The highest BCUT2D eigenvalue weighted by Gasteiger charge is 2.23. The summed E-state index contributed by atoms with van der Waals surface area (Å²) in [6.45, 7) is 6.18. The van der Waals surface area contributed by atoms with E-state index in [9.17, 15) is 4.79 Å².